The molecule has 27 heavy (non-hydrogen) atoms. The molecule has 1 N–H and O–H groups in total. The first-order valence-electron chi connectivity index (χ1n) is 9.24. The fraction of sp³-hybridized carbons (Fsp3) is 0.364. The number of nitrogens with zero attached hydrogens (tertiary/aromatic N) is 1. The number of fused-ring (bicyclic) bond motifs is 1. The van der Waals surface area contributed by atoms with Gasteiger partial charge in [0.2, 0.25) is 0 Å². The van der Waals surface area contributed by atoms with Crippen LogP contribution in [-0.4, -0.2) is 24.5 Å². The molecular weight excluding hydrogens is 340 g/mol. The van der Waals surface area contributed by atoms with Gasteiger partial charge in [0, 0.05) is 17.8 Å². The van der Waals surface area contributed by atoms with Crippen molar-refractivity contribution < 1.29 is 14.3 Å². The van der Waals surface area contributed by atoms with Crippen molar-refractivity contribution >= 4 is 23.2 Å². The summed E-state index contributed by atoms with van der Waals surface area (Å²) in [5, 5.41) is 2.90. The van der Waals surface area contributed by atoms with Crippen LogP contribution in [0.25, 0.3) is 0 Å². The van der Waals surface area contributed by atoms with Crippen LogP contribution in [0, 0.1) is 0 Å². The summed E-state index contributed by atoms with van der Waals surface area (Å²) in [4.78, 5) is 26.6. The maximum atomic E-state index is 12.6. The smallest absolute Gasteiger partial charge is 0.267 e. The number of likely N-dealkylation sites (N-methyl/N-ethyl adjacent to an activating group) is 1. The van der Waals surface area contributed by atoms with Gasteiger partial charge < -0.3 is 15.0 Å². The van der Waals surface area contributed by atoms with E-state index in [1.807, 2.05) is 31.2 Å². The van der Waals surface area contributed by atoms with Gasteiger partial charge in [-0.15, -0.1) is 0 Å². The molecular formula is C22H26N2O3. The minimum atomic E-state index is -0.501. The van der Waals surface area contributed by atoms with Gasteiger partial charge in [-0.1, -0.05) is 32.9 Å². The monoisotopic (exact) mass is 366 g/mol. The minimum Gasteiger partial charge on any atom is -0.479 e. The summed E-state index contributed by atoms with van der Waals surface area (Å²) in [6.45, 7) is 10.6. The summed E-state index contributed by atoms with van der Waals surface area (Å²) in [6.07, 6.45) is -0.501. The first kappa shape index (κ1) is 19.0. The third-order valence-electron chi connectivity index (χ3n) is 4.75. The van der Waals surface area contributed by atoms with Crippen LogP contribution in [0.5, 0.6) is 5.75 Å². The number of ether oxygens (including phenoxy) is 1. The number of carbonyl (C=O) groups is 2. The van der Waals surface area contributed by atoms with Crippen molar-refractivity contribution in [2.75, 3.05) is 16.8 Å². The first-order valence-corrected chi connectivity index (χ1v) is 9.24. The lowest BCUT2D eigenvalue weighted by atomic mass is 9.87. The summed E-state index contributed by atoms with van der Waals surface area (Å²) in [5.41, 5.74) is 3.12. The van der Waals surface area contributed by atoms with E-state index >= 15 is 0 Å². The summed E-state index contributed by atoms with van der Waals surface area (Å²) in [5.74, 6) is 0.387. The highest BCUT2D eigenvalue weighted by molar-refractivity contribution is 6.05. The van der Waals surface area contributed by atoms with Gasteiger partial charge in [0.05, 0.1) is 5.69 Å². The Labute approximate surface area is 160 Å². The summed E-state index contributed by atoms with van der Waals surface area (Å²) in [6, 6.07) is 13.0. The molecule has 0 aromatic heterocycles. The van der Waals surface area contributed by atoms with Crippen LogP contribution in [0.2, 0.25) is 0 Å². The van der Waals surface area contributed by atoms with Crippen LogP contribution in [0.4, 0.5) is 11.4 Å². The van der Waals surface area contributed by atoms with Gasteiger partial charge in [0.1, 0.15) is 5.75 Å². The number of carbonyl (C=O) groups excluding carboxylic acids is 2. The molecule has 0 bridgehead atoms. The van der Waals surface area contributed by atoms with E-state index in [4.69, 9.17) is 4.74 Å². The zero-order chi connectivity index (χ0) is 19.8. The SMILES string of the molecule is CCN1C(=O)C(C)Oc2ccc(NC(=O)c3ccc(C(C)(C)C)cc3)cc21. The van der Waals surface area contributed by atoms with E-state index in [0.29, 0.717) is 29.2 Å². The summed E-state index contributed by atoms with van der Waals surface area (Å²) >= 11 is 0. The lowest BCUT2D eigenvalue weighted by Gasteiger charge is -2.32. The molecule has 0 fully saturated rings. The van der Waals surface area contributed by atoms with E-state index < -0.39 is 6.10 Å². The largest absolute Gasteiger partial charge is 0.479 e. The molecule has 1 unspecified atom stereocenters. The standard InChI is InChI=1S/C22H26N2O3/c1-6-24-18-13-17(11-12-19(18)27-14(2)21(24)26)23-20(25)15-7-9-16(10-8-15)22(3,4)5/h7-14H,6H2,1-5H3,(H,23,25). The summed E-state index contributed by atoms with van der Waals surface area (Å²) in [7, 11) is 0. The van der Waals surface area contributed by atoms with Gasteiger partial charge in [-0.3, -0.25) is 9.59 Å². The van der Waals surface area contributed by atoms with Crippen LogP contribution >= 0.6 is 0 Å². The van der Waals surface area contributed by atoms with Gasteiger partial charge in [0.15, 0.2) is 6.10 Å². The third-order valence-corrected chi connectivity index (χ3v) is 4.75. The summed E-state index contributed by atoms with van der Waals surface area (Å²) < 4.78 is 5.66. The molecule has 0 spiro atoms. The molecule has 2 aromatic rings. The maximum Gasteiger partial charge on any atom is 0.267 e. The molecule has 0 saturated carbocycles. The molecule has 2 amide bonds. The molecule has 0 saturated heterocycles. The average Bonchev–Trinajstić information content (AvgIpc) is 2.62. The Morgan fingerprint density at radius 1 is 1.15 bits per heavy atom. The normalized spacial score (nSPS) is 16.6. The topological polar surface area (TPSA) is 58.6 Å². The maximum absolute atomic E-state index is 12.6. The molecule has 1 atom stereocenters. The Hall–Kier alpha value is -2.82. The Morgan fingerprint density at radius 3 is 2.41 bits per heavy atom. The van der Waals surface area contributed by atoms with Crippen LogP contribution in [0.15, 0.2) is 42.5 Å². The van der Waals surface area contributed by atoms with Crippen molar-refractivity contribution in [1.29, 1.82) is 0 Å². The van der Waals surface area contributed by atoms with E-state index in [0.717, 1.165) is 0 Å². The van der Waals surface area contributed by atoms with E-state index in [1.165, 1.54) is 5.56 Å². The Kier molecular flexibility index (Phi) is 4.96. The van der Waals surface area contributed by atoms with Crippen molar-refractivity contribution in [3.05, 3.63) is 53.6 Å². The van der Waals surface area contributed by atoms with Crippen molar-refractivity contribution in [3.8, 4) is 5.75 Å². The Balaban J connectivity index is 1.81. The fourth-order valence-electron chi connectivity index (χ4n) is 3.14. The number of hydrogen-bond acceptors (Lipinski definition) is 3. The average molecular weight is 366 g/mol. The lowest BCUT2D eigenvalue weighted by Crippen LogP contribution is -2.44. The van der Waals surface area contributed by atoms with E-state index in [1.54, 1.807) is 30.0 Å². The number of rotatable bonds is 3. The van der Waals surface area contributed by atoms with Gasteiger partial charge in [0.25, 0.3) is 11.8 Å². The van der Waals surface area contributed by atoms with E-state index in [-0.39, 0.29) is 17.2 Å². The highest BCUT2D eigenvalue weighted by Crippen LogP contribution is 2.36. The second kappa shape index (κ2) is 7.06. The minimum absolute atomic E-state index is 0.0424. The number of nitrogens with one attached hydrogen (secondary N) is 1. The molecule has 5 nitrogen and oxygen atoms in total. The third kappa shape index (κ3) is 3.82. The van der Waals surface area contributed by atoms with Gasteiger partial charge in [-0.25, -0.2) is 0 Å². The zero-order valence-corrected chi connectivity index (χ0v) is 16.5. The van der Waals surface area contributed by atoms with Crippen molar-refractivity contribution in [1.82, 2.24) is 0 Å². The van der Waals surface area contributed by atoms with E-state index in [2.05, 4.69) is 26.1 Å². The predicted molar refractivity (Wildman–Crippen MR) is 108 cm³/mol. The molecule has 0 aliphatic carbocycles. The molecule has 1 heterocycles. The molecule has 3 rings (SSSR count). The second-order valence-electron chi connectivity index (χ2n) is 7.81. The molecule has 5 heteroatoms. The van der Waals surface area contributed by atoms with Crippen molar-refractivity contribution in [3.63, 3.8) is 0 Å². The van der Waals surface area contributed by atoms with Crippen LogP contribution in [0.3, 0.4) is 0 Å². The van der Waals surface area contributed by atoms with Crippen molar-refractivity contribution in [2.24, 2.45) is 0 Å². The predicted octanol–water partition coefficient (Wildman–Crippen LogP) is 4.37. The molecule has 0 radical (unpaired) electrons. The molecule has 1 aliphatic heterocycles. The number of anilines is 2. The zero-order valence-electron chi connectivity index (χ0n) is 16.5. The number of benzene rings is 2. The highest BCUT2D eigenvalue weighted by atomic mass is 16.5. The second-order valence-corrected chi connectivity index (χ2v) is 7.81. The fourth-order valence-corrected chi connectivity index (χ4v) is 3.14. The lowest BCUT2D eigenvalue weighted by molar-refractivity contribution is -0.125. The molecule has 1 aliphatic rings. The van der Waals surface area contributed by atoms with Crippen LogP contribution < -0.4 is 15.0 Å². The van der Waals surface area contributed by atoms with Crippen molar-refractivity contribution in [2.45, 2.75) is 46.1 Å². The van der Waals surface area contributed by atoms with Gasteiger partial charge >= 0.3 is 0 Å². The van der Waals surface area contributed by atoms with Crippen LogP contribution in [-0.2, 0) is 10.2 Å². The first-order chi connectivity index (χ1) is 12.7. The number of amides is 2. The number of hydrogen-bond donors (Lipinski definition) is 1. The van der Waals surface area contributed by atoms with Gasteiger partial charge in [-0.05, 0) is 55.2 Å². The van der Waals surface area contributed by atoms with E-state index in [9.17, 15) is 9.59 Å². The molecule has 2 aromatic carbocycles. The van der Waals surface area contributed by atoms with Gasteiger partial charge in [-0.2, -0.15) is 0 Å². The quantitative estimate of drug-likeness (QED) is 0.877. The van der Waals surface area contributed by atoms with Crippen LogP contribution in [0.1, 0.15) is 50.5 Å². The Bertz CT molecular complexity index is 866. The highest BCUT2D eigenvalue weighted by Gasteiger charge is 2.30. The Morgan fingerprint density at radius 2 is 1.81 bits per heavy atom. The molecule has 142 valence electrons.